The molecule has 0 unspecified atom stereocenters. The van der Waals surface area contributed by atoms with E-state index in [-0.39, 0.29) is 18.1 Å². The first kappa shape index (κ1) is 13.6. The Hall–Kier alpha value is -1.81. The predicted octanol–water partition coefficient (Wildman–Crippen LogP) is 2.55. The number of allylic oxidation sites excluding steroid dienone is 1. The highest BCUT2D eigenvalue weighted by Crippen LogP contribution is 2.28. The average Bonchev–Trinajstić information content (AvgIpc) is 2.33. The van der Waals surface area contributed by atoms with Gasteiger partial charge in [0, 0.05) is 5.54 Å². The lowest BCUT2D eigenvalue weighted by Gasteiger charge is -2.18. The second kappa shape index (κ2) is 5.45. The fourth-order valence-electron chi connectivity index (χ4n) is 1.88. The number of benzene rings is 1. The molecular weight excluding hydrogens is 240 g/mol. The van der Waals surface area contributed by atoms with Gasteiger partial charge in [-0.05, 0) is 44.4 Å². The minimum absolute atomic E-state index is 0.0910. The molecule has 0 radical (unpaired) electrons. The number of nitrogens with two attached hydrogens (primary N) is 1. The van der Waals surface area contributed by atoms with E-state index >= 15 is 0 Å². The van der Waals surface area contributed by atoms with Crippen LogP contribution in [-0.2, 0) is 4.79 Å². The summed E-state index contributed by atoms with van der Waals surface area (Å²) in [4.78, 5) is 11.2. The van der Waals surface area contributed by atoms with Gasteiger partial charge < -0.3 is 15.8 Å². The van der Waals surface area contributed by atoms with Gasteiger partial charge in [0.05, 0.1) is 5.69 Å². The first-order valence-electron chi connectivity index (χ1n) is 6.46. The van der Waals surface area contributed by atoms with E-state index in [1.165, 1.54) is 0 Å². The van der Waals surface area contributed by atoms with Gasteiger partial charge in [-0.25, -0.2) is 0 Å². The van der Waals surface area contributed by atoms with Crippen LogP contribution in [-0.4, -0.2) is 18.1 Å². The van der Waals surface area contributed by atoms with E-state index in [2.05, 4.69) is 11.4 Å². The third-order valence-corrected chi connectivity index (χ3v) is 2.90. The molecule has 0 atom stereocenters. The lowest BCUT2D eigenvalue weighted by Crippen LogP contribution is -2.31. The molecule has 0 fully saturated rings. The molecule has 1 amide bonds. The van der Waals surface area contributed by atoms with E-state index in [9.17, 15) is 4.79 Å². The zero-order valence-corrected chi connectivity index (χ0v) is 11.4. The first-order chi connectivity index (χ1) is 8.94. The van der Waals surface area contributed by atoms with Crippen LogP contribution in [0.5, 0.6) is 5.75 Å². The van der Waals surface area contributed by atoms with E-state index in [0.717, 1.165) is 29.8 Å². The van der Waals surface area contributed by atoms with Crippen LogP contribution in [0.15, 0.2) is 24.3 Å². The van der Waals surface area contributed by atoms with Gasteiger partial charge in [-0.15, -0.1) is 0 Å². The number of anilines is 1. The average molecular weight is 260 g/mol. The molecule has 0 saturated heterocycles. The van der Waals surface area contributed by atoms with Crippen molar-refractivity contribution >= 4 is 17.7 Å². The standard InChI is InChI=1S/C15H20N2O2/c1-15(2,16)8-4-3-5-11-6-7-13-12(9-11)17-14(18)10-19-13/h3,5-7,9H,4,8,10,16H2,1-2H3,(H,17,18)/b5-3+. The Morgan fingerprint density at radius 2 is 2.26 bits per heavy atom. The van der Waals surface area contributed by atoms with Gasteiger partial charge in [-0.1, -0.05) is 18.2 Å². The number of ether oxygens (including phenoxy) is 1. The van der Waals surface area contributed by atoms with Crippen molar-refractivity contribution in [2.24, 2.45) is 5.73 Å². The third kappa shape index (κ3) is 4.10. The van der Waals surface area contributed by atoms with Gasteiger partial charge in [0.25, 0.3) is 5.91 Å². The molecule has 0 aromatic heterocycles. The van der Waals surface area contributed by atoms with Gasteiger partial charge in [0.15, 0.2) is 6.61 Å². The quantitative estimate of drug-likeness (QED) is 0.874. The van der Waals surface area contributed by atoms with Crippen LogP contribution in [0.1, 0.15) is 32.3 Å². The van der Waals surface area contributed by atoms with Crippen LogP contribution in [0.25, 0.3) is 6.08 Å². The van der Waals surface area contributed by atoms with Gasteiger partial charge in [0.1, 0.15) is 5.75 Å². The van der Waals surface area contributed by atoms with E-state index < -0.39 is 0 Å². The fraction of sp³-hybridized carbons (Fsp3) is 0.400. The first-order valence-corrected chi connectivity index (χ1v) is 6.46. The van der Waals surface area contributed by atoms with E-state index in [1.54, 1.807) is 0 Å². The lowest BCUT2D eigenvalue weighted by molar-refractivity contribution is -0.118. The molecule has 1 aromatic carbocycles. The molecule has 2 rings (SSSR count). The summed E-state index contributed by atoms with van der Waals surface area (Å²) in [6, 6.07) is 5.76. The third-order valence-electron chi connectivity index (χ3n) is 2.90. The van der Waals surface area contributed by atoms with Gasteiger partial charge in [0.2, 0.25) is 0 Å². The van der Waals surface area contributed by atoms with Gasteiger partial charge >= 0.3 is 0 Å². The van der Waals surface area contributed by atoms with Crippen molar-refractivity contribution in [3.63, 3.8) is 0 Å². The Labute approximate surface area is 113 Å². The number of amides is 1. The second-order valence-corrected chi connectivity index (χ2v) is 5.52. The smallest absolute Gasteiger partial charge is 0.262 e. The van der Waals surface area contributed by atoms with Gasteiger partial charge in [-0.3, -0.25) is 4.79 Å². The lowest BCUT2D eigenvalue weighted by atomic mass is 10.00. The summed E-state index contributed by atoms with van der Waals surface area (Å²) in [5.74, 6) is 0.610. The molecular formula is C15H20N2O2. The summed E-state index contributed by atoms with van der Waals surface area (Å²) < 4.78 is 5.31. The maximum atomic E-state index is 11.2. The zero-order chi connectivity index (χ0) is 13.9. The minimum atomic E-state index is -0.137. The molecule has 1 aromatic rings. The van der Waals surface area contributed by atoms with Crippen LogP contribution in [0.2, 0.25) is 0 Å². The molecule has 4 nitrogen and oxygen atoms in total. The van der Waals surface area contributed by atoms with Crippen LogP contribution in [0.4, 0.5) is 5.69 Å². The molecule has 4 heteroatoms. The van der Waals surface area contributed by atoms with Crippen molar-refractivity contribution in [3.05, 3.63) is 29.8 Å². The highest BCUT2D eigenvalue weighted by Gasteiger charge is 2.15. The predicted molar refractivity (Wildman–Crippen MR) is 77.1 cm³/mol. The fourth-order valence-corrected chi connectivity index (χ4v) is 1.88. The van der Waals surface area contributed by atoms with Crippen molar-refractivity contribution in [3.8, 4) is 5.75 Å². The molecule has 3 N–H and O–H groups in total. The van der Waals surface area contributed by atoms with Crippen LogP contribution in [0.3, 0.4) is 0 Å². The maximum absolute atomic E-state index is 11.2. The number of rotatable bonds is 4. The molecule has 1 aliphatic heterocycles. The van der Waals surface area contributed by atoms with Crippen molar-refractivity contribution in [1.29, 1.82) is 0 Å². The Bertz CT molecular complexity index is 501. The summed E-state index contributed by atoms with van der Waals surface area (Å²) in [6.45, 7) is 4.13. The van der Waals surface area contributed by atoms with Crippen LogP contribution < -0.4 is 15.8 Å². The Morgan fingerprint density at radius 3 is 3.00 bits per heavy atom. The minimum Gasteiger partial charge on any atom is -0.482 e. The Morgan fingerprint density at radius 1 is 1.47 bits per heavy atom. The molecule has 1 aliphatic rings. The Balaban J connectivity index is 2.00. The molecule has 19 heavy (non-hydrogen) atoms. The molecule has 0 bridgehead atoms. The number of nitrogens with one attached hydrogen (secondary N) is 1. The molecule has 0 aliphatic carbocycles. The summed E-state index contributed by atoms with van der Waals surface area (Å²) in [5.41, 5.74) is 7.56. The van der Waals surface area contributed by atoms with Crippen molar-refractivity contribution in [1.82, 2.24) is 0 Å². The van der Waals surface area contributed by atoms with E-state index in [4.69, 9.17) is 10.5 Å². The molecule has 0 saturated carbocycles. The van der Waals surface area contributed by atoms with E-state index in [1.807, 2.05) is 38.1 Å². The van der Waals surface area contributed by atoms with Crippen molar-refractivity contribution < 1.29 is 9.53 Å². The summed E-state index contributed by atoms with van der Waals surface area (Å²) >= 11 is 0. The molecule has 0 spiro atoms. The number of carbonyl (C=O) groups is 1. The van der Waals surface area contributed by atoms with E-state index in [0.29, 0.717) is 0 Å². The van der Waals surface area contributed by atoms with Crippen molar-refractivity contribution in [2.75, 3.05) is 11.9 Å². The SMILES string of the molecule is CC(C)(N)CC/C=C/c1ccc2c(c1)NC(=O)CO2. The zero-order valence-electron chi connectivity index (χ0n) is 11.4. The summed E-state index contributed by atoms with van der Waals surface area (Å²) in [5, 5.41) is 2.80. The van der Waals surface area contributed by atoms with Crippen LogP contribution >= 0.6 is 0 Å². The topological polar surface area (TPSA) is 64.3 Å². The molecule has 102 valence electrons. The summed E-state index contributed by atoms with van der Waals surface area (Å²) in [6.07, 6.45) is 6.01. The number of hydrogen-bond acceptors (Lipinski definition) is 3. The maximum Gasteiger partial charge on any atom is 0.262 e. The summed E-state index contributed by atoms with van der Waals surface area (Å²) in [7, 11) is 0. The van der Waals surface area contributed by atoms with Crippen LogP contribution in [0, 0.1) is 0 Å². The van der Waals surface area contributed by atoms with Gasteiger partial charge in [-0.2, -0.15) is 0 Å². The second-order valence-electron chi connectivity index (χ2n) is 5.52. The Kier molecular flexibility index (Phi) is 3.90. The normalized spacial score (nSPS) is 15.0. The largest absolute Gasteiger partial charge is 0.482 e. The number of hydrogen-bond donors (Lipinski definition) is 2. The van der Waals surface area contributed by atoms with Crippen molar-refractivity contribution in [2.45, 2.75) is 32.2 Å². The highest BCUT2D eigenvalue weighted by atomic mass is 16.5. The number of fused-ring (bicyclic) bond motifs is 1. The molecule has 1 heterocycles. The monoisotopic (exact) mass is 260 g/mol. The number of carbonyl (C=O) groups excluding carboxylic acids is 1. The highest BCUT2D eigenvalue weighted by molar-refractivity contribution is 5.95.